The highest BCUT2D eigenvalue weighted by molar-refractivity contribution is 5.78. The molecular formula is C44H42N2O6. The summed E-state index contributed by atoms with van der Waals surface area (Å²) in [5.41, 5.74) is 7.48. The van der Waals surface area contributed by atoms with Gasteiger partial charge >= 0.3 is 0 Å². The maximum Gasteiger partial charge on any atom is 0.119 e. The fraction of sp³-hybridized carbons (Fsp3) is 0.182. The minimum atomic E-state index is -0.745. The third kappa shape index (κ3) is 6.74. The molecular weight excluding hydrogens is 652 g/mol. The first-order valence-corrected chi connectivity index (χ1v) is 17.1. The fourth-order valence-electron chi connectivity index (χ4n) is 7.00. The summed E-state index contributed by atoms with van der Waals surface area (Å²) in [6.45, 7) is 0. The highest BCUT2D eigenvalue weighted by Gasteiger charge is 2.50. The molecule has 52 heavy (non-hydrogen) atoms. The molecule has 8 heteroatoms. The van der Waals surface area contributed by atoms with Gasteiger partial charge in [0, 0.05) is 46.0 Å². The zero-order chi connectivity index (χ0) is 36.2. The van der Waals surface area contributed by atoms with Crippen molar-refractivity contribution < 1.29 is 29.2 Å². The maximum absolute atomic E-state index is 11.5. The van der Waals surface area contributed by atoms with Crippen LogP contribution in [0.3, 0.4) is 0 Å². The number of benzene rings is 6. The van der Waals surface area contributed by atoms with Crippen molar-refractivity contribution in [1.82, 2.24) is 0 Å². The summed E-state index contributed by atoms with van der Waals surface area (Å²) < 4.78 is 21.5. The molecule has 0 unspecified atom stereocenters. The Labute approximate surface area is 304 Å². The second-order valence-electron chi connectivity index (χ2n) is 12.7. The van der Waals surface area contributed by atoms with Gasteiger partial charge in [0.25, 0.3) is 0 Å². The number of methoxy groups -OCH3 is 4. The Bertz CT molecular complexity index is 1800. The number of hydrogen-bond donors (Lipinski definition) is 2. The Morgan fingerprint density at radius 1 is 0.327 bits per heavy atom. The fourth-order valence-corrected chi connectivity index (χ4v) is 7.00. The SMILES string of the molecule is COc1ccc(N(c2ccc(OC)cc2)c2ccc(C3C(O)C(c4ccc(N(c5ccc(OC)cc5)c5ccc(OC)cc5)cc4)C3O)cc2)cc1. The van der Waals surface area contributed by atoms with Crippen molar-refractivity contribution >= 4 is 34.1 Å². The van der Waals surface area contributed by atoms with Gasteiger partial charge in [0.2, 0.25) is 0 Å². The van der Waals surface area contributed by atoms with Gasteiger partial charge in [-0.2, -0.15) is 0 Å². The Kier molecular flexibility index (Phi) is 10.0. The van der Waals surface area contributed by atoms with E-state index in [1.807, 2.05) is 146 Å². The average Bonchev–Trinajstić information content (AvgIpc) is 3.20. The van der Waals surface area contributed by atoms with E-state index in [1.54, 1.807) is 28.4 Å². The lowest BCUT2D eigenvalue weighted by molar-refractivity contribution is -0.0785. The second-order valence-corrected chi connectivity index (χ2v) is 12.7. The average molecular weight is 695 g/mol. The predicted octanol–water partition coefficient (Wildman–Crippen LogP) is 9.26. The van der Waals surface area contributed by atoms with Crippen molar-refractivity contribution in [3.8, 4) is 23.0 Å². The highest BCUT2D eigenvalue weighted by Crippen LogP contribution is 2.49. The summed E-state index contributed by atoms with van der Waals surface area (Å²) >= 11 is 0. The monoisotopic (exact) mass is 694 g/mol. The molecule has 2 N–H and O–H groups in total. The molecule has 7 rings (SSSR count). The Balaban J connectivity index is 1.11. The lowest BCUT2D eigenvalue weighted by Gasteiger charge is -2.47. The standard InChI is InChI=1S/C44H42N2O6/c1-49-37-21-13-33(14-22-37)45(34-15-23-38(50-2)24-16-34)31-9-5-29(6-10-31)41-43(47)42(44(41)48)30-7-11-32(12-8-30)46(35-17-25-39(51-3)26-18-35)36-19-27-40(52-4)28-20-36/h5-28,41-44,47-48H,1-4H3. The molecule has 0 spiro atoms. The van der Waals surface area contributed by atoms with Crippen LogP contribution in [0.4, 0.5) is 34.1 Å². The third-order valence-corrected chi connectivity index (χ3v) is 9.87. The van der Waals surface area contributed by atoms with Crippen LogP contribution >= 0.6 is 0 Å². The summed E-state index contributed by atoms with van der Waals surface area (Å²) in [7, 11) is 6.61. The summed E-state index contributed by atoms with van der Waals surface area (Å²) in [6, 6.07) is 47.7. The van der Waals surface area contributed by atoms with Crippen molar-refractivity contribution in [3.05, 3.63) is 157 Å². The van der Waals surface area contributed by atoms with Gasteiger partial charge in [-0.3, -0.25) is 0 Å². The van der Waals surface area contributed by atoms with E-state index in [0.717, 1.165) is 68.2 Å². The smallest absolute Gasteiger partial charge is 0.119 e. The van der Waals surface area contributed by atoms with Crippen LogP contribution in [0.1, 0.15) is 23.0 Å². The zero-order valence-corrected chi connectivity index (χ0v) is 29.6. The number of aliphatic hydroxyl groups excluding tert-OH is 2. The quantitative estimate of drug-likeness (QED) is 0.131. The number of rotatable bonds is 12. The van der Waals surface area contributed by atoms with E-state index < -0.39 is 24.0 Å². The summed E-state index contributed by atoms with van der Waals surface area (Å²) in [4.78, 5) is 4.28. The molecule has 1 saturated carbocycles. The first-order chi connectivity index (χ1) is 25.4. The van der Waals surface area contributed by atoms with Crippen LogP contribution in [0.25, 0.3) is 0 Å². The second kappa shape index (κ2) is 15.1. The molecule has 0 radical (unpaired) electrons. The third-order valence-electron chi connectivity index (χ3n) is 9.87. The van der Waals surface area contributed by atoms with Crippen LogP contribution in [-0.4, -0.2) is 50.9 Å². The van der Waals surface area contributed by atoms with Crippen LogP contribution in [-0.2, 0) is 0 Å². The zero-order valence-electron chi connectivity index (χ0n) is 29.6. The Morgan fingerprint density at radius 2 is 0.519 bits per heavy atom. The van der Waals surface area contributed by atoms with E-state index >= 15 is 0 Å². The van der Waals surface area contributed by atoms with Crippen LogP contribution < -0.4 is 28.7 Å². The number of ether oxygens (including phenoxy) is 4. The molecule has 1 aliphatic carbocycles. The first kappa shape index (κ1) is 34.5. The highest BCUT2D eigenvalue weighted by atomic mass is 16.5. The Morgan fingerprint density at radius 3 is 0.712 bits per heavy atom. The van der Waals surface area contributed by atoms with Crippen LogP contribution in [0.15, 0.2) is 146 Å². The van der Waals surface area contributed by atoms with Gasteiger partial charge in [-0.1, -0.05) is 24.3 Å². The van der Waals surface area contributed by atoms with E-state index in [-0.39, 0.29) is 0 Å². The summed E-state index contributed by atoms with van der Waals surface area (Å²) in [5.74, 6) is 2.28. The largest absolute Gasteiger partial charge is 0.497 e. The molecule has 0 atom stereocenters. The number of anilines is 6. The molecule has 0 bridgehead atoms. The van der Waals surface area contributed by atoms with Crippen molar-refractivity contribution in [2.75, 3.05) is 38.2 Å². The molecule has 0 heterocycles. The van der Waals surface area contributed by atoms with E-state index in [1.165, 1.54) is 0 Å². The van der Waals surface area contributed by atoms with Crippen LogP contribution in [0.5, 0.6) is 23.0 Å². The predicted molar refractivity (Wildman–Crippen MR) is 206 cm³/mol. The van der Waals surface area contributed by atoms with E-state index in [9.17, 15) is 10.2 Å². The Hall–Kier alpha value is -5.96. The van der Waals surface area contributed by atoms with Crippen molar-refractivity contribution in [1.29, 1.82) is 0 Å². The lowest BCUT2D eigenvalue weighted by Crippen LogP contribution is -2.51. The minimum Gasteiger partial charge on any atom is -0.497 e. The maximum atomic E-state index is 11.5. The van der Waals surface area contributed by atoms with Crippen molar-refractivity contribution in [2.45, 2.75) is 24.0 Å². The molecule has 0 amide bonds. The topological polar surface area (TPSA) is 83.9 Å². The van der Waals surface area contributed by atoms with Gasteiger partial charge in [-0.15, -0.1) is 0 Å². The molecule has 1 aliphatic rings. The first-order valence-electron chi connectivity index (χ1n) is 17.1. The van der Waals surface area contributed by atoms with Crippen LogP contribution in [0, 0.1) is 0 Å². The molecule has 264 valence electrons. The van der Waals surface area contributed by atoms with E-state index in [2.05, 4.69) is 9.80 Å². The van der Waals surface area contributed by atoms with Crippen molar-refractivity contribution in [3.63, 3.8) is 0 Å². The van der Waals surface area contributed by atoms with Gasteiger partial charge in [0.05, 0.1) is 40.6 Å². The molecule has 0 aromatic heterocycles. The summed E-state index contributed by atoms with van der Waals surface area (Å²) in [6.07, 6.45) is -1.49. The number of hydrogen-bond acceptors (Lipinski definition) is 8. The van der Waals surface area contributed by atoms with E-state index in [0.29, 0.717) is 0 Å². The lowest BCUT2D eigenvalue weighted by atomic mass is 9.63. The molecule has 0 aliphatic heterocycles. The van der Waals surface area contributed by atoms with Gasteiger partial charge in [-0.05, 0) is 132 Å². The molecule has 6 aromatic rings. The van der Waals surface area contributed by atoms with Crippen molar-refractivity contribution in [2.24, 2.45) is 0 Å². The summed E-state index contributed by atoms with van der Waals surface area (Å²) in [5, 5.41) is 23.0. The molecule has 6 aromatic carbocycles. The van der Waals surface area contributed by atoms with Gasteiger partial charge < -0.3 is 39.0 Å². The van der Waals surface area contributed by atoms with Gasteiger partial charge in [-0.25, -0.2) is 0 Å². The molecule has 8 nitrogen and oxygen atoms in total. The van der Waals surface area contributed by atoms with E-state index in [4.69, 9.17) is 18.9 Å². The number of aliphatic hydroxyl groups is 2. The van der Waals surface area contributed by atoms with Crippen LogP contribution in [0.2, 0.25) is 0 Å². The molecule has 1 fully saturated rings. The van der Waals surface area contributed by atoms with Gasteiger partial charge in [0.1, 0.15) is 23.0 Å². The number of nitrogens with zero attached hydrogens (tertiary/aromatic N) is 2. The molecule has 0 saturated heterocycles. The van der Waals surface area contributed by atoms with Gasteiger partial charge in [0.15, 0.2) is 0 Å². The minimum absolute atomic E-state index is 0.413. The normalized spacial score (nSPS) is 17.8.